The highest BCUT2D eigenvalue weighted by Crippen LogP contribution is 2.38. The first kappa shape index (κ1) is 16.4. The van der Waals surface area contributed by atoms with Crippen LogP contribution in [0.2, 0.25) is 0 Å². The van der Waals surface area contributed by atoms with Crippen molar-refractivity contribution >= 4 is 11.9 Å². The van der Waals surface area contributed by atoms with Crippen molar-refractivity contribution in [1.82, 2.24) is 10.1 Å². The Hall–Kier alpha value is -1.63. The molecule has 0 spiro atoms. The van der Waals surface area contributed by atoms with Crippen LogP contribution in [0, 0.1) is 12.3 Å². The average Bonchev–Trinajstić information content (AvgIpc) is 2.99. The molecule has 2 rings (SSSR count). The van der Waals surface area contributed by atoms with Crippen molar-refractivity contribution in [3.63, 3.8) is 0 Å². The summed E-state index contributed by atoms with van der Waals surface area (Å²) in [7, 11) is 1.81. The van der Waals surface area contributed by atoms with Crippen LogP contribution in [0.4, 0.5) is 6.01 Å². The highest BCUT2D eigenvalue weighted by atomic mass is 16.5. The molecule has 1 saturated carbocycles. The normalized spacial score (nSPS) is 24.9. The lowest BCUT2D eigenvalue weighted by Crippen LogP contribution is -2.45. The molecular formula is C13H25N5O2. The van der Waals surface area contributed by atoms with Gasteiger partial charge in [-0.05, 0) is 26.2 Å². The summed E-state index contributed by atoms with van der Waals surface area (Å²) in [5.41, 5.74) is 10.8. The minimum Gasteiger partial charge on any atom is -0.369 e. The van der Waals surface area contributed by atoms with E-state index < -0.39 is 5.41 Å². The standard InChI is InChI=1S/C11H19N5O2.C2H6/c1-7-14-10(18-15-7)16(2)6-11(9(13)17)4-3-8(12)5-11;1-2/h8H,3-6,12H2,1-2H3,(H2,13,17);1-2H3/t8?,11-;/m0./s1. The Labute approximate surface area is 119 Å². The third kappa shape index (κ3) is 3.47. The fraction of sp³-hybridized carbons (Fsp3) is 0.769. The first-order valence-corrected chi connectivity index (χ1v) is 7.00. The molecule has 0 bridgehead atoms. The van der Waals surface area contributed by atoms with Crippen molar-refractivity contribution in [2.24, 2.45) is 16.9 Å². The quantitative estimate of drug-likeness (QED) is 0.846. The van der Waals surface area contributed by atoms with Crippen LogP contribution in [0.3, 0.4) is 0 Å². The highest BCUT2D eigenvalue weighted by Gasteiger charge is 2.44. The zero-order chi connectivity index (χ0) is 15.3. The first-order valence-electron chi connectivity index (χ1n) is 7.00. The van der Waals surface area contributed by atoms with Gasteiger partial charge >= 0.3 is 6.01 Å². The molecule has 1 aromatic rings. The predicted octanol–water partition coefficient (Wildman–Crippen LogP) is 0.823. The zero-order valence-corrected chi connectivity index (χ0v) is 12.7. The largest absolute Gasteiger partial charge is 0.369 e. The molecule has 114 valence electrons. The van der Waals surface area contributed by atoms with Crippen molar-refractivity contribution in [2.45, 2.75) is 46.1 Å². The topological polar surface area (TPSA) is 111 Å². The van der Waals surface area contributed by atoms with Gasteiger partial charge in [0.15, 0.2) is 5.82 Å². The Morgan fingerprint density at radius 3 is 2.60 bits per heavy atom. The number of carbonyl (C=O) groups is 1. The van der Waals surface area contributed by atoms with Gasteiger partial charge in [0, 0.05) is 19.6 Å². The van der Waals surface area contributed by atoms with Gasteiger partial charge in [0.2, 0.25) is 5.91 Å². The molecule has 1 aromatic heterocycles. The van der Waals surface area contributed by atoms with E-state index in [0.29, 0.717) is 31.2 Å². The third-order valence-electron chi connectivity index (χ3n) is 3.55. The molecule has 0 radical (unpaired) electrons. The van der Waals surface area contributed by atoms with Crippen LogP contribution in [-0.4, -0.2) is 35.7 Å². The second-order valence-electron chi connectivity index (χ2n) is 5.13. The number of hydrogen-bond donors (Lipinski definition) is 2. The lowest BCUT2D eigenvalue weighted by atomic mass is 9.84. The molecule has 4 N–H and O–H groups in total. The molecule has 0 saturated heterocycles. The van der Waals surface area contributed by atoms with E-state index in [0.717, 1.165) is 6.42 Å². The van der Waals surface area contributed by atoms with Gasteiger partial charge in [0.25, 0.3) is 0 Å². The van der Waals surface area contributed by atoms with Crippen molar-refractivity contribution in [3.05, 3.63) is 5.82 Å². The molecule has 7 heteroatoms. The molecule has 1 unspecified atom stereocenters. The van der Waals surface area contributed by atoms with E-state index in [9.17, 15) is 4.79 Å². The molecule has 1 amide bonds. The number of amides is 1. The number of nitrogens with zero attached hydrogens (tertiary/aromatic N) is 3. The van der Waals surface area contributed by atoms with E-state index >= 15 is 0 Å². The minimum absolute atomic E-state index is 0.0373. The van der Waals surface area contributed by atoms with Crippen LogP contribution in [0.25, 0.3) is 0 Å². The molecule has 0 aromatic carbocycles. The fourth-order valence-electron chi connectivity index (χ4n) is 2.58. The number of rotatable bonds is 4. The van der Waals surface area contributed by atoms with Gasteiger partial charge in [0.05, 0.1) is 5.41 Å². The maximum absolute atomic E-state index is 11.7. The summed E-state index contributed by atoms with van der Waals surface area (Å²) < 4.78 is 5.07. The van der Waals surface area contributed by atoms with Crippen LogP contribution in [0.15, 0.2) is 4.52 Å². The van der Waals surface area contributed by atoms with Crippen LogP contribution >= 0.6 is 0 Å². The fourth-order valence-corrected chi connectivity index (χ4v) is 2.58. The summed E-state index contributed by atoms with van der Waals surface area (Å²) in [6, 6.07) is 0.434. The molecule has 2 atom stereocenters. The lowest BCUT2D eigenvalue weighted by Gasteiger charge is -2.29. The van der Waals surface area contributed by atoms with E-state index in [1.165, 1.54) is 0 Å². The third-order valence-corrected chi connectivity index (χ3v) is 3.55. The average molecular weight is 283 g/mol. The molecule has 0 aliphatic heterocycles. The monoisotopic (exact) mass is 283 g/mol. The van der Waals surface area contributed by atoms with Crippen molar-refractivity contribution < 1.29 is 9.32 Å². The van der Waals surface area contributed by atoms with Crippen molar-refractivity contribution in [1.29, 1.82) is 0 Å². The predicted molar refractivity (Wildman–Crippen MR) is 77.1 cm³/mol. The van der Waals surface area contributed by atoms with Crippen LogP contribution < -0.4 is 16.4 Å². The highest BCUT2D eigenvalue weighted by molar-refractivity contribution is 5.82. The van der Waals surface area contributed by atoms with E-state index in [2.05, 4.69) is 10.1 Å². The molecule has 1 aliphatic rings. The van der Waals surface area contributed by atoms with Crippen LogP contribution in [-0.2, 0) is 4.79 Å². The van der Waals surface area contributed by atoms with Crippen molar-refractivity contribution in [3.8, 4) is 0 Å². The first-order chi connectivity index (χ1) is 9.43. The van der Waals surface area contributed by atoms with E-state index in [-0.39, 0.29) is 11.9 Å². The Balaban J connectivity index is 0.000000956. The van der Waals surface area contributed by atoms with E-state index in [1.54, 1.807) is 11.8 Å². The van der Waals surface area contributed by atoms with Crippen LogP contribution in [0.1, 0.15) is 38.9 Å². The number of aryl methyl sites for hydroxylation is 1. The number of anilines is 1. The Morgan fingerprint density at radius 2 is 2.20 bits per heavy atom. The molecule has 1 aliphatic carbocycles. The number of aromatic nitrogens is 2. The van der Waals surface area contributed by atoms with E-state index in [4.69, 9.17) is 16.0 Å². The molecular weight excluding hydrogens is 258 g/mol. The smallest absolute Gasteiger partial charge is 0.323 e. The zero-order valence-electron chi connectivity index (χ0n) is 12.7. The summed E-state index contributed by atoms with van der Waals surface area (Å²) in [6.45, 7) is 6.20. The second kappa shape index (κ2) is 6.69. The maximum atomic E-state index is 11.7. The number of carbonyl (C=O) groups excluding carboxylic acids is 1. The lowest BCUT2D eigenvalue weighted by molar-refractivity contribution is -0.127. The number of hydrogen-bond acceptors (Lipinski definition) is 6. The molecule has 20 heavy (non-hydrogen) atoms. The van der Waals surface area contributed by atoms with Crippen molar-refractivity contribution in [2.75, 3.05) is 18.5 Å². The van der Waals surface area contributed by atoms with Gasteiger partial charge in [0.1, 0.15) is 0 Å². The minimum atomic E-state index is -0.587. The molecule has 7 nitrogen and oxygen atoms in total. The Bertz CT molecular complexity index is 448. The number of primary amides is 1. The number of nitrogens with two attached hydrogens (primary N) is 2. The molecule has 1 fully saturated rings. The second-order valence-corrected chi connectivity index (χ2v) is 5.13. The van der Waals surface area contributed by atoms with Gasteiger partial charge in [-0.25, -0.2) is 0 Å². The summed E-state index contributed by atoms with van der Waals surface area (Å²) in [6.07, 6.45) is 2.14. The van der Waals surface area contributed by atoms with E-state index in [1.807, 2.05) is 20.9 Å². The maximum Gasteiger partial charge on any atom is 0.323 e. The van der Waals surface area contributed by atoms with Gasteiger partial charge in [-0.3, -0.25) is 4.79 Å². The van der Waals surface area contributed by atoms with Crippen LogP contribution in [0.5, 0.6) is 0 Å². The Morgan fingerprint density at radius 1 is 1.55 bits per heavy atom. The van der Waals surface area contributed by atoms with Gasteiger partial charge in [-0.1, -0.05) is 19.0 Å². The summed E-state index contributed by atoms with van der Waals surface area (Å²) in [5, 5.41) is 3.73. The summed E-state index contributed by atoms with van der Waals surface area (Å²) in [5.74, 6) is 0.256. The van der Waals surface area contributed by atoms with Gasteiger partial charge < -0.3 is 20.9 Å². The Kier molecular flexibility index (Phi) is 5.50. The van der Waals surface area contributed by atoms with Gasteiger partial charge in [-0.2, -0.15) is 4.98 Å². The summed E-state index contributed by atoms with van der Waals surface area (Å²) >= 11 is 0. The molecule has 1 heterocycles. The summed E-state index contributed by atoms with van der Waals surface area (Å²) in [4.78, 5) is 17.6. The van der Waals surface area contributed by atoms with Gasteiger partial charge in [-0.15, -0.1) is 0 Å². The SMILES string of the molecule is CC.Cc1noc(N(C)C[C@]2(C(N)=O)CCC(N)C2)n1.